The summed E-state index contributed by atoms with van der Waals surface area (Å²) in [5.74, 6) is 0. The van der Waals surface area contributed by atoms with Crippen LogP contribution in [0.25, 0.3) is 6.08 Å². The van der Waals surface area contributed by atoms with Crippen molar-refractivity contribution in [3.8, 4) is 0 Å². The normalized spacial score (nSPS) is 15.1. The first-order valence-corrected chi connectivity index (χ1v) is 5.38. The lowest BCUT2D eigenvalue weighted by Gasteiger charge is -2.17. The van der Waals surface area contributed by atoms with Crippen molar-refractivity contribution in [3.05, 3.63) is 42.0 Å². The van der Waals surface area contributed by atoms with Crippen LogP contribution in [-0.2, 0) is 4.79 Å². The zero-order valence-electron chi connectivity index (χ0n) is 9.44. The predicted octanol–water partition coefficient (Wildman–Crippen LogP) is 3.71. The molecule has 1 aromatic carbocycles. The molecule has 0 aromatic heterocycles. The van der Waals surface area contributed by atoms with Gasteiger partial charge in [0, 0.05) is 5.41 Å². The third-order valence-corrected chi connectivity index (χ3v) is 2.79. The van der Waals surface area contributed by atoms with Gasteiger partial charge in [0.25, 0.3) is 0 Å². The van der Waals surface area contributed by atoms with Crippen molar-refractivity contribution < 1.29 is 4.79 Å². The molecule has 0 unspecified atom stereocenters. The minimum Gasteiger partial charge on any atom is -0.303 e. The summed E-state index contributed by atoms with van der Waals surface area (Å²) in [5.41, 5.74) is 0.979. The summed E-state index contributed by atoms with van der Waals surface area (Å²) >= 11 is 0. The maximum absolute atomic E-state index is 10.9. The lowest BCUT2D eigenvalue weighted by Crippen LogP contribution is -2.15. The topological polar surface area (TPSA) is 17.1 Å². The number of carbonyl (C=O) groups excluding carboxylic acids is 1. The van der Waals surface area contributed by atoms with Crippen LogP contribution in [0.15, 0.2) is 36.4 Å². The van der Waals surface area contributed by atoms with Crippen LogP contribution in [0.2, 0.25) is 0 Å². The molecule has 0 amide bonds. The van der Waals surface area contributed by atoms with Gasteiger partial charge in [0.15, 0.2) is 0 Å². The summed E-state index contributed by atoms with van der Waals surface area (Å²) in [6.45, 7) is 4.04. The van der Waals surface area contributed by atoms with Gasteiger partial charge in [-0.1, -0.05) is 56.3 Å². The Labute approximate surface area is 91.8 Å². The minimum atomic E-state index is -0.203. The summed E-state index contributed by atoms with van der Waals surface area (Å²) in [6, 6.07) is 10.1. The van der Waals surface area contributed by atoms with E-state index in [1.165, 1.54) is 5.56 Å². The Morgan fingerprint density at radius 1 is 1.27 bits per heavy atom. The van der Waals surface area contributed by atoms with E-state index in [2.05, 4.69) is 24.3 Å². The highest BCUT2D eigenvalue weighted by molar-refractivity contribution is 5.59. The monoisotopic (exact) mass is 202 g/mol. The van der Waals surface area contributed by atoms with Crippen molar-refractivity contribution in [2.75, 3.05) is 0 Å². The van der Waals surface area contributed by atoms with Crippen LogP contribution in [0.4, 0.5) is 0 Å². The number of hydrogen-bond acceptors (Lipinski definition) is 1. The Kier molecular flexibility index (Phi) is 4.29. The van der Waals surface area contributed by atoms with Gasteiger partial charge in [0.05, 0.1) is 0 Å². The van der Waals surface area contributed by atoms with Crippen LogP contribution in [0.5, 0.6) is 0 Å². The molecular weight excluding hydrogens is 184 g/mol. The average molecular weight is 202 g/mol. The molecular formula is C14H18O. The van der Waals surface area contributed by atoms with Crippen molar-refractivity contribution in [1.82, 2.24) is 0 Å². The Hall–Kier alpha value is -1.37. The molecule has 1 rings (SSSR count). The van der Waals surface area contributed by atoms with Gasteiger partial charge in [-0.2, -0.15) is 0 Å². The Balaban J connectivity index is 2.57. The lowest BCUT2D eigenvalue weighted by molar-refractivity contribution is -0.115. The molecule has 0 saturated carbocycles. The van der Waals surface area contributed by atoms with E-state index in [0.717, 1.165) is 19.1 Å². The second kappa shape index (κ2) is 5.50. The molecule has 1 atom stereocenters. The van der Waals surface area contributed by atoms with Gasteiger partial charge in [-0.15, -0.1) is 0 Å². The summed E-state index contributed by atoms with van der Waals surface area (Å²) in [6.07, 6.45) is 6.89. The first kappa shape index (κ1) is 11.7. The molecule has 1 heteroatoms. The van der Waals surface area contributed by atoms with Crippen molar-refractivity contribution in [3.63, 3.8) is 0 Å². The van der Waals surface area contributed by atoms with Crippen molar-refractivity contribution in [2.45, 2.75) is 26.7 Å². The molecule has 15 heavy (non-hydrogen) atoms. The minimum absolute atomic E-state index is 0.203. The molecule has 0 aliphatic rings. The molecule has 0 heterocycles. The molecule has 1 aromatic rings. The molecule has 0 aliphatic heterocycles. The van der Waals surface area contributed by atoms with Crippen LogP contribution < -0.4 is 0 Å². The maximum Gasteiger partial charge on any atom is 0.126 e. The van der Waals surface area contributed by atoms with Gasteiger partial charge in [-0.25, -0.2) is 0 Å². The van der Waals surface area contributed by atoms with E-state index < -0.39 is 0 Å². The summed E-state index contributed by atoms with van der Waals surface area (Å²) in [7, 11) is 0. The van der Waals surface area contributed by atoms with Gasteiger partial charge in [-0.05, 0) is 18.4 Å². The quantitative estimate of drug-likeness (QED) is 0.665. The van der Waals surface area contributed by atoms with Crippen LogP contribution in [0.3, 0.4) is 0 Å². The van der Waals surface area contributed by atoms with Gasteiger partial charge in [0.2, 0.25) is 0 Å². The maximum atomic E-state index is 10.9. The van der Waals surface area contributed by atoms with E-state index in [1.807, 2.05) is 32.0 Å². The summed E-state index contributed by atoms with van der Waals surface area (Å²) in [4.78, 5) is 10.9. The fourth-order valence-corrected chi connectivity index (χ4v) is 1.30. The fraction of sp³-hybridized carbons (Fsp3) is 0.357. The fourth-order valence-electron chi connectivity index (χ4n) is 1.30. The molecule has 0 bridgehead atoms. The van der Waals surface area contributed by atoms with Gasteiger partial charge in [-0.3, -0.25) is 0 Å². The zero-order valence-corrected chi connectivity index (χ0v) is 9.44. The first-order valence-electron chi connectivity index (χ1n) is 5.38. The molecule has 0 aliphatic carbocycles. The van der Waals surface area contributed by atoms with Gasteiger partial charge < -0.3 is 4.79 Å². The van der Waals surface area contributed by atoms with Crippen molar-refractivity contribution in [1.29, 1.82) is 0 Å². The third kappa shape index (κ3) is 3.70. The van der Waals surface area contributed by atoms with Crippen molar-refractivity contribution in [2.24, 2.45) is 5.41 Å². The highest BCUT2D eigenvalue weighted by Gasteiger charge is 2.18. The Morgan fingerprint density at radius 2 is 1.93 bits per heavy atom. The Morgan fingerprint density at radius 3 is 2.47 bits per heavy atom. The smallest absolute Gasteiger partial charge is 0.126 e. The van der Waals surface area contributed by atoms with Crippen LogP contribution in [0.1, 0.15) is 32.3 Å². The molecule has 0 radical (unpaired) electrons. The van der Waals surface area contributed by atoms with E-state index >= 15 is 0 Å². The number of rotatable bonds is 5. The number of benzene rings is 1. The number of hydrogen-bond donors (Lipinski definition) is 0. The predicted molar refractivity (Wildman–Crippen MR) is 64.6 cm³/mol. The number of carbonyl (C=O) groups is 1. The summed E-state index contributed by atoms with van der Waals surface area (Å²) < 4.78 is 0. The molecule has 0 spiro atoms. The first-order chi connectivity index (χ1) is 7.20. The number of aldehydes is 1. The van der Waals surface area contributed by atoms with Crippen LogP contribution in [-0.4, -0.2) is 6.29 Å². The molecule has 0 N–H and O–H groups in total. The molecule has 0 fully saturated rings. The van der Waals surface area contributed by atoms with E-state index in [1.54, 1.807) is 0 Å². The van der Waals surface area contributed by atoms with E-state index in [0.29, 0.717) is 0 Å². The van der Waals surface area contributed by atoms with Crippen LogP contribution in [0, 0.1) is 5.41 Å². The summed E-state index contributed by atoms with van der Waals surface area (Å²) in [5, 5.41) is 0. The highest BCUT2D eigenvalue weighted by atomic mass is 16.1. The van der Waals surface area contributed by atoms with Crippen LogP contribution >= 0.6 is 0 Å². The van der Waals surface area contributed by atoms with Crippen molar-refractivity contribution >= 4 is 12.4 Å². The zero-order chi connectivity index (χ0) is 11.1. The van der Waals surface area contributed by atoms with E-state index in [4.69, 9.17) is 0 Å². The molecule has 80 valence electrons. The second-order valence-corrected chi connectivity index (χ2v) is 4.14. The molecule has 0 saturated heterocycles. The highest BCUT2D eigenvalue weighted by Crippen LogP contribution is 2.23. The third-order valence-electron chi connectivity index (χ3n) is 2.79. The second-order valence-electron chi connectivity index (χ2n) is 4.14. The lowest BCUT2D eigenvalue weighted by atomic mass is 9.85. The van der Waals surface area contributed by atoms with E-state index in [9.17, 15) is 4.79 Å². The van der Waals surface area contributed by atoms with E-state index in [-0.39, 0.29) is 5.41 Å². The largest absolute Gasteiger partial charge is 0.303 e. The SMILES string of the molecule is CC[C@](C)(C=O)C/C=C/c1ccccc1. The average Bonchev–Trinajstić information content (AvgIpc) is 2.30. The molecule has 1 nitrogen and oxygen atoms in total. The van der Waals surface area contributed by atoms with Gasteiger partial charge in [0.1, 0.15) is 6.29 Å². The standard InChI is InChI=1S/C14H18O/c1-3-14(2,12-15)11-7-10-13-8-5-4-6-9-13/h4-10,12H,3,11H2,1-2H3/b10-7+/t14-/m0/s1. The number of allylic oxidation sites excluding steroid dienone is 1. The van der Waals surface area contributed by atoms with Gasteiger partial charge >= 0.3 is 0 Å². The Bertz CT molecular complexity index is 326.